The Kier molecular flexibility index (Phi) is 3.66. The molecule has 1 aliphatic carbocycles. The molecule has 4 nitrogen and oxygen atoms in total. The summed E-state index contributed by atoms with van der Waals surface area (Å²) in [6.07, 6.45) is 4.93. The average Bonchev–Trinajstić information content (AvgIpc) is 3.09. The molecule has 0 amide bonds. The van der Waals surface area contributed by atoms with Gasteiger partial charge in [0, 0.05) is 17.2 Å². The summed E-state index contributed by atoms with van der Waals surface area (Å²) < 4.78 is 11.6. The van der Waals surface area contributed by atoms with Crippen molar-refractivity contribution in [1.82, 2.24) is 0 Å². The van der Waals surface area contributed by atoms with E-state index in [0.717, 1.165) is 37.9 Å². The maximum atomic E-state index is 12.5. The lowest BCUT2D eigenvalue weighted by Gasteiger charge is -2.41. The molecule has 0 radical (unpaired) electrons. The van der Waals surface area contributed by atoms with E-state index in [9.17, 15) is 9.90 Å². The topological polar surface area (TPSA) is 55.8 Å². The first-order valence-electron chi connectivity index (χ1n) is 8.53. The highest BCUT2D eigenvalue weighted by Gasteiger charge is 2.54. The van der Waals surface area contributed by atoms with Gasteiger partial charge in [-0.15, -0.1) is 0 Å². The third-order valence-corrected chi connectivity index (χ3v) is 6.10. The molecule has 2 fully saturated rings. The van der Waals surface area contributed by atoms with E-state index in [0.29, 0.717) is 23.4 Å². The minimum Gasteiger partial charge on any atom is -0.507 e. The second-order valence-corrected chi connectivity index (χ2v) is 7.58. The predicted octanol–water partition coefficient (Wildman–Crippen LogP) is 4.34. The predicted molar refractivity (Wildman–Crippen MR) is 90.9 cm³/mol. The summed E-state index contributed by atoms with van der Waals surface area (Å²) in [7, 11) is 0. The molecular weight excluding hydrogens is 328 g/mol. The van der Waals surface area contributed by atoms with Crippen LogP contribution in [0.3, 0.4) is 0 Å². The molecule has 1 aromatic rings. The van der Waals surface area contributed by atoms with Crippen LogP contribution in [0.5, 0.6) is 0 Å². The molecule has 128 valence electrons. The van der Waals surface area contributed by atoms with E-state index < -0.39 is 11.6 Å². The maximum Gasteiger partial charge on any atom is 0.343 e. The smallest absolute Gasteiger partial charge is 0.343 e. The number of ether oxygens (including phenoxy) is 2. The standard InChI is InChI=1S/C19H21ClO4/c1-12-4-2-5-13(20)14(12)15-16(21)19(24-17(15)22)9-7-18(8-10-19)6-3-11-23-18/h2,4-5,21H,3,6-11H2,1H3. The number of aliphatic hydroxyl groups excluding tert-OH is 1. The molecule has 1 saturated heterocycles. The number of rotatable bonds is 1. The van der Waals surface area contributed by atoms with Crippen molar-refractivity contribution < 1.29 is 19.4 Å². The van der Waals surface area contributed by atoms with Crippen LogP contribution in [0.4, 0.5) is 0 Å². The van der Waals surface area contributed by atoms with Crippen molar-refractivity contribution >= 4 is 23.1 Å². The Hall–Kier alpha value is -1.52. The van der Waals surface area contributed by atoms with Crippen molar-refractivity contribution in [2.45, 2.75) is 56.7 Å². The molecule has 3 aliphatic rings. The molecule has 2 spiro atoms. The van der Waals surface area contributed by atoms with Gasteiger partial charge in [-0.3, -0.25) is 0 Å². The Morgan fingerprint density at radius 1 is 1.17 bits per heavy atom. The fourth-order valence-corrected chi connectivity index (χ4v) is 4.68. The van der Waals surface area contributed by atoms with E-state index in [1.165, 1.54) is 0 Å². The third kappa shape index (κ3) is 2.27. The summed E-state index contributed by atoms with van der Waals surface area (Å²) in [4.78, 5) is 12.5. The molecular formula is C19H21ClO4. The molecule has 1 N–H and O–H groups in total. The van der Waals surface area contributed by atoms with Gasteiger partial charge in [0.15, 0.2) is 11.4 Å². The van der Waals surface area contributed by atoms with Gasteiger partial charge in [0.2, 0.25) is 0 Å². The molecule has 0 unspecified atom stereocenters. The van der Waals surface area contributed by atoms with Crippen molar-refractivity contribution in [3.05, 3.63) is 40.1 Å². The molecule has 1 aromatic carbocycles. The zero-order valence-corrected chi connectivity index (χ0v) is 14.5. The second-order valence-electron chi connectivity index (χ2n) is 7.17. The second kappa shape index (κ2) is 5.50. The highest BCUT2D eigenvalue weighted by molar-refractivity contribution is 6.35. The number of benzene rings is 1. The zero-order chi connectivity index (χ0) is 16.9. The van der Waals surface area contributed by atoms with Gasteiger partial charge >= 0.3 is 5.97 Å². The summed E-state index contributed by atoms with van der Waals surface area (Å²) in [6.45, 7) is 2.68. The lowest BCUT2D eigenvalue weighted by Crippen LogP contribution is -2.44. The summed E-state index contributed by atoms with van der Waals surface area (Å²) in [5, 5.41) is 11.4. The monoisotopic (exact) mass is 348 g/mol. The van der Waals surface area contributed by atoms with Crippen molar-refractivity contribution in [3.8, 4) is 0 Å². The summed E-state index contributed by atoms with van der Waals surface area (Å²) in [6, 6.07) is 5.43. The van der Waals surface area contributed by atoms with Gasteiger partial charge in [0.1, 0.15) is 5.57 Å². The molecule has 0 atom stereocenters. The fourth-order valence-electron chi connectivity index (χ4n) is 4.37. The van der Waals surface area contributed by atoms with E-state index >= 15 is 0 Å². The number of halogens is 1. The molecule has 2 aliphatic heterocycles. The first kappa shape index (κ1) is 16.0. The number of hydrogen-bond acceptors (Lipinski definition) is 4. The number of hydrogen-bond donors (Lipinski definition) is 1. The molecule has 5 heteroatoms. The van der Waals surface area contributed by atoms with E-state index in [1.807, 2.05) is 19.1 Å². The number of aliphatic hydroxyl groups is 1. The van der Waals surface area contributed by atoms with Crippen molar-refractivity contribution in [2.75, 3.05) is 6.61 Å². The van der Waals surface area contributed by atoms with Crippen LogP contribution in [0.15, 0.2) is 24.0 Å². The molecule has 0 aromatic heterocycles. The zero-order valence-electron chi connectivity index (χ0n) is 13.7. The van der Waals surface area contributed by atoms with Crippen LogP contribution in [-0.2, 0) is 14.3 Å². The Labute approximate surface area is 146 Å². The van der Waals surface area contributed by atoms with Crippen LogP contribution in [0, 0.1) is 6.92 Å². The lowest BCUT2D eigenvalue weighted by molar-refractivity contribution is -0.156. The first-order valence-corrected chi connectivity index (χ1v) is 8.91. The van der Waals surface area contributed by atoms with Gasteiger partial charge < -0.3 is 14.6 Å². The Morgan fingerprint density at radius 3 is 2.54 bits per heavy atom. The van der Waals surface area contributed by atoms with Gasteiger partial charge in [0.25, 0.3) is 0 Å². The summed E-state index contributed by atoms with van der Waals surface area (Å²) in [5.41, 5.74) is 0.665. The quantitative estimate of drug-likeness (QED) is 0.767. The number of carbonyl (C=O) groups excluding carboxylic acids is 1. The number of esters is 1. The van der Waals surface area contributed by atoms with Gasteiger partial charge in [0.05, 0.1) is 5.60 Å². The van der Waals surface area contributed by atoms with Crippen LogP contribution in [0.25, 0.3) is 5.57 Å². The van der Waals surface area contributed by atoms with E-state index in [-0.39, 0.29) is 16.9 Å². The summed E-state index contributed by atoms with van der Waals surface area (Å²) in [5.74, 6) is -0.441. The van der Waals surface area contributed by atoms with Crippen LogP contribution >= 0.6 is 11.6 Å². The van der Waals surface area contributed by atoms with Crippen molar-refractivity contribution in [3.63, 3.8) is 0 Å². The van der Waals surface area contributed by atoms with E-state index in [1.54, 1.807) is 6.07 Å². The van der Waals surface area contributed by atoms with Crippen molar-refractivity contribution in [1.29, 1.82) is 0 Å². The van der Waals surface area contributed by atoms with E-state index in [4.69, 9.17) is 21.1 Å². The normalized spacial score (nSPS) is 32.8. The maximum absolute atomic E-state index is 12.5. The lowest BCUT2D eigenvalue weighted by atomic mass is 9.73. The van der Waals surface area contributed by atoms with Crippen LogP contribution < -0.4 is 0 Å². The van der Waals surface area contributed by atoms with Crippen LogP contribution in [-0.4, -0.2) is 28.9 Å². The van der Waals surface area contributed by atoms with Gasteiger partial charge in [-0.2, -0.15) is 0 Å². The Bertz CT molecular complexity index is 701. The fraction of sp³-hybridized carbons (Fsp3) is 0.526. The molecule has 2 heterocycles. The van der Waals surface area contributed by atoms with Gasteiger partial charge in [-0.25, -0.2) is 4.79 Å². The minimum absolute atomic E-state index is 0.0385. The Morgan fingerprint density at radius 2 is 1.92 bits per heavy atom. The van der Waals surface area contributed by atoms with Crippen LogP contribution in [0.1, 0.15) is 49.7 Å². The molecule has 0 bridgehead atoms. The summed E-state index contributed by atoms with van der Waals surface area (Å²) >= 11 is 6.29. The van der Waals surface area contributed by atoms with Crippen LogP contribution in [0.2, 0.25) is 5.02 Å². The SMILES string of the molecule is Cc1cccc(Cl)c1C1=C(O)C2(CCC3(CCCO3)CC2)OC1=O. The number of aryl methyl sites for hydroxylation is 1. The first-order chi connectivity index (χ1) is 11.5. The molecule has 4 rings (SSSR count). The van der Waals surface area contributed by atoms with Gasteiger partial charge in [-0.05, 0) is 57.1 Å². The van der Waals surface area contributed by atoms with Crippen molar-refractivity contribution in [2.24, 2.45) is 0 Å². The van der Waals surface area contributed by atoms with Gasteiger partial charge in [-0.1, -0.05) is 23.7 Å². The third-order valence-electron chi connectivity index (χ3n) is 5.79. The largest absolute Gasteiger partial charge is 0.507 e. The van der Waals surface area contributed by atoms with E-state index in [2.05, 4.69) is 0 Å². The molecule has 24 heavy (non-hydrogen) atoms. The number of carbonyl (C=O) groups is 1. The Balaban J connectivity index is 1.70. The highest BCUT2D eigenvalue weighted by atomic mass is 35.5. The minimum atomic E-state index is -0.908. The molecule has 1 saturated carbocycles. The average molecular weight is 349 g/mol. The highest BCUT2D eigenvalue weighted by Crippen LogP contribution is 2.51.